The van der Waals surface area contributed by atoms with Gasteiger partial charge in [0.2, 0.25) is 5.95 Å². The Morgan fingerprint density at radius 3 is 2.60 bits per heavy atom. The maximum absolute atomic E-state index is 4.58. The topological polar surface area (TPSA) is 41.1 Å². The highest BCUT2D eigenvalue weighted by atomic mass is 15.2. The standard InChI is InChI=1S/C16H22N4/c1-3-11-17-16-18-12-10-15(19-16)20(4-2)13-14-8-6-5-7-9-14/h5-10,12H,3-4,11,13H2,1-2H3,(H,17,18,19). The maximum atomic E-state index is 4.58. The molecule has 2 rings (SSSR count). The fraction of sp³-hybridized carbons (Fsp3) is 0.375. The predicted molar refractivity (Wildman–Crippen MR) is 84.0 cm³/mol. The minimum absolute atomic E-state index is 0.705. The minimum atomic E-state index is 0.705. The molecule has 1 aromatic heterocycles. The van der Waals surface area contributed by atoms with Crippen LogP contribution in [0.1, 0.15) is 25.8 Å². The van der Waals surface area contributed by atoms with E-state index in [-0.39, 0.29) is 0 Å². The Bertz CT molecular complexity index is 513. The van der Waals surface area contributed by atoms with Crippen LogP contribution in [0, 0.1) is 0 Å². The zero-order valence-electron chi connectivity index (χ0n) is 12.2. The summed E-state index contributed by atoms with van der Waals surface area (Å²) in [7, 11) is 0. The number of aromatic nitrogens is 2. The Hall–Kier alpha value is -2.10. The van der Waals surface area contributed by atoms with Gasteiger partial charge in [-0.05, 0) is 25.0 Å². The lowest BCUT2D eigenvalue weighted by Crippen LogP contribution is -2.23. The van der Waals surface area contributed by atoms with Crippen molar-refractivity contribution in [1.82, 2.24) is 9.97 Å². The van der Waals surface area contributed by atoms with E-state index in [4.69, 9.17) is 0 Å². The van der Waals surface area contributed by atoms with Crippen molar-refractivity contribution in [3.8, 4) is 0 Å². The van der Waals surface area contributed by atoms with Crippen LogP contribution in [0.15, 0.2) is 42.6 Å². The molecule has 0 saturated heterocycles. The van der Waals surface area contributed by atoms with Crippen molar-refractivity contribution in [3.05, 3.63) is 48.2 Å². The third-order valence-electron chi connectivity index (χ3n) is 3.10. The zero-order valence-corrected chi connectivity index (χ0v) is 12.2. The lowest BCUT2D eigenvalue weighted by Gasteiger charge is -2.22. The van der Waals surface area contributed by atoms with E-state index in [9.17, 15) is 0 Å². The summed E-state index contributed by atoms with van der Waals surface area (Å²) in [5, 5.41) is 3.23. The lowest BCUT2D eigenvalue weighted by molar-refractivity contribution is 0.809. The molecule has 0 saturated carbocycles. The van der Waals surface area contributed by atoms with E-state index < -0.39 is 0 Å². The molecule has 0 unspecified atom stereocenters. The van der Waals surface area contributed by atoms with Gasteiger partial charge in [-0.1, -0.05) is 37.3 Å². The Labute approximate surface area is 120 Å². The molecule has 0 aliphatic carbocycles. The first-order valence-corrected chi connectivity index (χ1v) is 7.19. The third-order valence-corrected chi connectivity index (χ3v) is 3.10. The number of nitrogens with zero attached hydrogens (tertiary/aromatic N) is 3. The average molecular weight is 270 g/mol. The summed E-state index contributed by atoms with van der Waals surface area (Å²) in [6.45, 7) is 6.95. The van der Waals surface area contributed by atoms with Crippen LogP contribution < -0.4 is 10.2 Å². The second-order valence-corrected chi connectivity index (χ2v) is 4.66. The van der Waals surface area contributed by atoms with Gasteiger partial charge in [-0.2, -0.15) is 4.98 Å². The molecular weight excluding hydrogens is 248 g/mol. The Kier molecular flexibility index (Phi) is 5.35. The Morgan fingerprint density at radius 1 is 1.10 bits per heavy atom. The van der Waals surface area contributed by atoms with E-state index in [1.807, 2.05) is 18.3 Å². The van der Waals surface area contributed by atoms with Gasteiger partial charge in [0.15, 0.2) is 0 Å². The van der Waals surface area contributed by atoms with Gasteiger partial charge in [0, 0.05) is 25.8 Å². The van der Waals surface area contributed by atoms with Crippen molar-refractivity contribution in [2.45, 2.75) is 26.8 Å². The molecule has 0 bridgehead atoms. The highest BCUT2D eigenvalue weighted by Gasteiger charge is 2.07. The summed E-state index contributed by atoms with van der Waals surface area (Å²) in [5.74, 6) is 1.67. The summed E-state index contributed by atoms with van der Waals surface area (Å²) in [4.78, 5) is 11.1. The van der Waals surface area contributed by atoms with Crippen LogP contribution in [0.5, 0.6) is 0 Å². The third kappa shape index (κ3) is 3.95. The molecule has 4 heteroatoms. The van der Waals surface area contributed by atoms with Gasteiger partial charge in [0.1, 0.15) is 5.82 Å². The maximum Gasteiger partial charge on any atom is 0.224 e. The van der Waals surface area contributed by atoms with Gasteiger partial charge in [-0.3, -0.25) is 0 Å². The monoisotopic (exact) mass is 270 g/mol. The van der Waals surface area contributed by atoms with Crippen LogP contribution in [0.4, 0.5) is 11.8 Å². The largest absolute Gasteiger partial charge is 0.354 e. The van der Waals surface area contributed by atoms with Crippen molar-refractivity contribution >= 4 is 11.8 Å². The number of rotatable bonds is 7. The fourth-order valence-electron chi connectivity index (χ4n) is 2.01. The molecule has 1 N–H and O–H groups in total. The molecule has 0 radical (unpaired) electrons. The molecule has 0 atom stereocenters. The van der Waals surface area contributed by atoms with Crippen molar-refractivity contribution in [1.29, 1.82) is 0 Å². The smallest absolute Gasteiger partial charge is 0.224 e. The quantitative estimate of drug-likeness (QED) is 0.838. The summed E-state index contributed by atoms with van der Waals surface area (Å²) in [6.07, 6.45) is 2.88. The summed E-state index contributed by atoms with van der Waals surface area (Å²) < 4.78 is 0. The Balaban J connectivity index is 2.10. The predicted octanol–water partition coefficient (Wildman–Crippen LogP) is 3.33. The van der Waals surface area contributed by atoms with Gasteiger partial charge in [-0.25, -0.2) is 4.98 Å². The second-order valence-electron chi connectivity index (χ2n) is 4.66. The first kappa shape index (κ1) is 14.3. The molecule has 0 spiro atoms. The number of hydrogen-bond donors (Lipinski definition) is 1. The highest BCUT2D eigenvalue weighted by molar-refractivity contribution is 5.43. The van der Waals surface area contributed by atoms with Crippen molar-refractivity contribution in [2.24, 2.45) is 0 Å². The number of hydrogen-bond acceptors (Lipinski definition) is 4. The van der Waals surface area contributed by atoms with Crippen LogP contribution >= 0.6 is 0 Å². The molecule has 1 aromatic carbocycles. The molecule has 0 aliphatic rings. The second kappa shape index (κ2) is 7.48. The van der Waals surface area contributed by atoms with Crippen LogP contribution in [0.2, 0.25) is 0 Å². The SMILES string of the molecule is CCCNc1nccc(N(CC)Cc2ccccc2)n1. The number of nitrogens with one attached hydrogen (secondary N) is 1. The molecule has 20 heavy (non-hydrogen) atoms. The number of benzene rings is 1. The highest BCUT2D eigenvalue weighted by Crippen LogP contribution is 2.15. The molecule has 1 heterocycles. The average Bonchev–Trinajstić information content (AvgIpc) is 2.52. The number of anilines is 2. The summed E-state index contributed by atoms with van der Waals surface area (Å²) >= 11 is 0. The van der Waals surface area contributed by atoms with Crippen LogP contribution in [0.25, 0.3) is 0 Å². The molecule has 0 fully saturated rings. The molecular formula is C16H22N4. The van der Waals surface area contributed by atoms with Gasteiger partial charge >= 0.3 is 0 Å². The van der Waals surface area contributed by atoms with Crippen LogP contribution in [-0.4, -0.2) is 23.1 Å². The van der Waals surface area contributed by atoms with Crippen molar-refractivity contribution in [3.63, 3.8) is 0 Å². The van der Waals surface area contributed by atoms with E-state index in [1.54, 1.807) is 0 Å². The van der Waals surface area contributed by atoms with E-state index in [0.717, 1.165) is 31.9 Å². The zero-order chi connectivity index (χ0) is 14.2. The molecule has 106 valence electrons. The van der Waals surface area contributed by atoms with E-state index in [1.165, 1.54) is 5.56 Å². The minimum Gasteiger partial charge on any atom is -0.354 e. The van der Waals surface area contributed by atoms with Crippen molar-refractivity contribution < 1.29 is 0 Å². The molecule has 2 aromatic rings. The molecule has 4 nitrogen and oxygen atoms in total. The van der Waals surface area contributed by atoms with Gasteiger partial charge in [0.25, 0.3) is 0 Å². The first-order valence-electron chi connectivity index (χ1n) is 7.19. The normalized spacial score (nSPS) is 10.3. The van der Waals surface area contributed by atoms with Gasteiger partial charge in [0.05, 0.1) is 0 Å². The lowest BCUT2D eigenvalue weighted by atomic mass is 10.2. The van der Waals surface area contributed by atoms with Crippen molar-refractivity contribution in [2.75, 3.05) is 23.3 Å². The van der Waals surface area contributed by atoms with E-state index in [2.05, 4.69) is 58.3 Å². The summed E-state index contributed by atoms with van der Waals surface area (Å²) in [6, 6.07) is 12.4. The summed E-state index contributed by atoms with van der Waals surface area (Å²) in [5.41, 5.74) is 1.29. The van der Waals surface area contributed by atoms with E-state index >= 15 is 0 Å². The van der Waals surface area contributed by atoms with Crippen LogP contribution in [-0.2, 0) is 6.54 Å². The molecule has 0 amide bonds. The molecule has 0 aliphatic heterocycles. The van der Waals surface area contributed by atoms with E-state index in [0.29, 0.717) is 5.95 Å². The van der Waals surface area contributed by atoms with Gasteiger partial charge in [-0.15, -0.1) is 0 Å². The van der Waals surface area contributed by atoms with Crippen LogP contribution in [0.3, 0.4) is 0 Å². The Morgan fingerprint density at radius 2 is 1.90 bits per heavy atom. The fourth-order valence-corrected chi connectivity index (χ4v) is 2.01. The van der Waals surface area contributed by atoms with Gasteiger partial charge < -0.3 is 10.2 Å². The first-order chi connectivity index (χ1) is 9.83.